The molecule has 0 spiro atoms. The van der Waals surface area contributed by atoms with E-state index in [0.29, 0.717) is 13.0 Å². The molecular formula is C10H11ClFN3O. The maximum absolute atomic E-state index is 13.3. The van der Waals surface area contributed by atoms with Gasteiger partial charge in [-0.3, -0.25) is 4.79 Å². The van der Waals surface area contributed by atoms with Crippen LogP contribution in [-0.2, 0) is 4.79 Å². The van der Waals surface area contributed by atoms with Gasteiger partial charge in [0.1, 0.15) is 0 Å². The lowest BCUT2D eigenvalue weighted by Crippen LogP contribution is -2.32. The Balaban J connectivity index is 1.92. The van der Waals surface area contributed by atoms with Gasteiger partial charge in [0.15, 0.2) is 11.6 Å². The molecule has 2 rings (SSSR count). The molecule has 6 heteroatoms. The zero-order valence-corrected chi connectivity index (χ0v) is 9.22. The van der Waals surface area contributed by atoms with Gasteiger partial charge in [-0.25, -0.2) is 9.37 Å². The van der Waals surface area contributed by atoms with E-state index in [1.807, 2.05) is 0 Å². The molecule has 1 amide bonds. The number of nitrogens with zero attached hydrogens (tertiary/aromatic N) is 1. The zero-order chi connectivity index (χ0) is 11.5. The van der Waals surface area contributed by atoms with Crippen molar-refractivity contribution >= 4 is 23.3 Å². The molecule has 2 N–H and O–H groups in total. The van der Waals surface area contributed by atoms with Crippen LogP contribution in [0.4, 0.5) is 10.2 Å². The molecule has 0 aliphatic carbocycles. The molecule has 0 saturated carbocycles. The second kappa shape index (κ2) is 4.65. The first-order valence-electron chi connectivity index (χ1n) is 4.99. The van der Waals surface area contributed by atoms with Crippen LogP contribution in [0, 0.1) is 5.82 Å². The summed E-state index contributed by atoms with van der Waals surface area (Å²) in [6.45, 7) is 0.470. The fourth-order valence-electron chi connectivity index (χ4n) is 1.59. The summed E-state index contributed by atoms with van der Waals surface area (Å²) in [7, 11) is 0. The van der Waals surface area contributed by atoms with Crippen molar-refractivity contribution in [2.24, 2.45) is 0 Å². The number of pyridine rings is 1. The molecule has 1 atom stereocenters. The fraction of sp³-hybridized carbons (Fsp3) is 0.400. The average molecular weight is 244 g/mol. The van der Waals surface area contributed by atoms with E-state index in [4.69, 9.17) is 11.6 Å². The smallest absolute Gasteiger partial charge is 0.220 e. The molecule has 0 bridgehead atoms. The summed E-state index contributed by atoms with van der Waals surface area (Å²) >= 11 is 5.58. The van der Waals surface area contributed by atoms with Gasteiger partial charge in [-0.05, 0) is 12.5 Å². The number of amides is 1. The Bertz CT molecular complexity index is 413. The summed E-state index contributed by atoms with van der Waals surface area (Å²) in [5.74, 6) is -0.293. The number of anilines is 1. The van der Waals surface area contributed by atoms with Crippen molar-refractivity contribution in [2.45, 2.75) is 18.9 Å². The molecule has 1 aromatic rings. The lowest BCUT2D eigenvalue weighted by Gasteiger charge is -2.12. The Hall–Kier alpha value is -1.36. The van der Waals surface area contributed by atoms with Gasteiger partial charge in [0.2, 0.25) is 5.91 Å². The van der Waals surface area contributed by atoms with E-state index >= 15 is 0 Å². The maximum Gasteiger partial charge on any atom is 0.220 e. The van der Waals surface area contributed by atoms with Crippen molar-refractivity contribution in [3.8, 4) is 0 Å². The molecule has 1 aliphatic rings. The third-order valence-electron chi connectivity index (χ3n) is 2.41. The monoisotopic (exact) mass is 243 g/mol. The molecule has 4 nitrogen and oxygen atoms in total. The van der Waals surface area contributed by atoms with Crippen molar-refractivity contribution in [1.29, 1.82) is 0 Å². The molecule has 0 aromatic carbocycles. The van der Waals surface area contributed by atoms with Crippen molar-refractivity contribution in [2.75, 3.05) is 11.9 Å². The van der Waals surface area contributed by atoms with Gasteiger partial charge in [0, 0.05) is 25.2 Å². The van der Waals surface area contributed by atoms with Crippen LogP contribution in [0.25, 0.3) is 0 Å². The minimum Gasteiger partial charge on any atom is -0.366 e. The first-order valence-corrected chi connectivity index (χ1v) is 5.37. The largest absolute Gasteiger partial charge is 0.366 e. The number of carbonyl (C=O) groups is 1. The van der Waals surface area contributed by atoms with Gasteiger partial charge in [0.05, 0.1) is 5.02 Å². The molecule has 1 fully saturated rings. The molecule has 1 aliphatic heterocycles. The number of aromatic nitrogens is 1. The number of hydrogen-bond donors (Lipinski definition) is 2. The summed E-state index contributed by atoms with van der Waals surface area (Å²) in [5, 5.41) is 5.88. The zero-order valence-electron chi connectivity index (χ0n) is 8.46. The minimum absolute atomic E-state index is 0.0383. The van der Waals surface area contributed by atoms with Gasteiger partial charge >= 0.3 is 0 Å². The minimum atomic E-state index is -0.489. The van der Waals surface area contributed by atoms with Crippen LogP contribution in [0.1, 0.15) is 12.8 Å². The molecule has 86 valence electrons. The van der Waals surface area contributed by atoms with Crippen molar-refractivity contribution in [1.82, 2.24) is 10.3 Å². The Morgan fingerprint density at radius 2 is 2.50 bits per heavy atom. The molecular weight excluding hydrogens is 233 g/mol. The highest BCUT2D eigenvalue weighted by Gasteiger charge is 2.20. The van der Waals surface area contributed by atoms with E-state index in [1.165, 1.54) is 12.3 Å². The van der Waals surface area contributed by atoms with Crippen LogP contribution in [0.2, 0.25) is 5.02 Å². The number of halogens is 2. The van der Waals surface area contributed by atoms with E-state index in [-0.39, 0.29) is 22.8 Å². The topological polar surface area (TPSA) is 54.0 Å². The van der Waals surface area contributed by atoms with Crippen LogP contribution < -0.4 is 10.6 Å². The molecule has 16 heavy (non-hydrogen) atoms. The Morgan fingerprint density at radius 3 is 3.12 bits per heavy atom. The van der Waals surface area contributed by atoms with Gasteiger partial charge in [0.25, 0.3) is 0 Å². The molecule has 0 radical (unpaired) electrons. The van der Waals surface area contributed by atoms with E-state index < -0.39 is 5.82 Å². The fourth-order valence-corrected chi connectivity index (χ4v) is 1.74. The molecule has 1 unspecified atom stereocenters. The second-order valence-corrected chi connectivity index (χ2v) is 4.10. The third-order valence-corrected chi connectivity index (χ3v) is 2.62. The quantitative estimate of drug-likeness (QED) is 0.847. The number of rotatable bonds is 3. The number of hydrogen-bond acceptors (Lipinski definition) is 3. The van der Waals surface area contributed by atoms with E-state index in [2.05, 4.69) is 15.6 Å². The van der Waals surface area contributed by atoms with Gasteiger partial charge in [-0.1, -0.05) is 11.6 Å². The highest BCUT2D eigenvalue weighted by atomic mass is 35.5. The van der Waals surface area contributed by atoms with Crippen molar-refractivity contribution in [3.63, 3.8) is 0 Å². The van der Waals surface area contributed by atoms with Crippen LogP contribution >= 0.6 is 11.6 Å². The maximum atomic E-state index is 13.3. The van der Waals surface area contributed by atoms with Crippen LogP contribution in [-0.4, -0.2) is 23.5 Å². The SMILES string of the molecule is O=C1CCC(CNc2ncc(Cl)cc2F)N1. The van der Waals surface area contributed by atoms with Crippen LogP contribution in [0.15, 0.2) is 12.3 Å². The predicted molar refractivity (Wildman–Crippen MR) is 58.9 cm³/mol. The lowest BCUT2D eigenvalue weighted by molar-refractivity contribution is -0.119. The van der Waals surface area contributed by atoms with Gasteiger partial charge < -0.3 is 10.6 Å². The van der Waals surface area contributed by atoms with Gasteiger partial charge in [-0.2, -0.15) is 0 Å². The summed E-state index contributed by atoms with van der Waals surface area (Å²) in [4.78, 5) is 14.8. The summed E-state index contributed by atoms with van der Waals surface area (Å²) in [5.41, 5.74) is 0. The van der Waals surface area contributed by atoms with Crippen molar-refractivity contribution < 1.29 is 9.18 Å². The van der Waals surface area contributed by atoms with Crippen molar-refractivity contribution in [3.05, 3.63) is 23.1 Å². The normalized spacial score (nSPS) is 19.6. The van der Waals surface area contributed by atoms with E-state index in [9.17, 15) is 9.18 Å². The number of carbonyl (C=O) groups excluding carboxylic acids is 1. The average Bonchev–Trinajstić information content (AvgIpc) is 2.63. The summed E-state index contributed by atoms with van der Waals surface area (Å²) in [6.07, 6.45) is 2.67. The molecule has 1 aromatic heterocycles. The molecule has 1 saturated heterocycles. The Labute approximate surface area is 97.2 Å². The second-order valence-electron chi connectivity index (χ2n) is 3.67. The third kappa shape index (κ3) is 2.61. The highest BCUT2D eigenvalue weighted by molar-refractivity contribution is 6.30. The number of nitrogens with one attached hydrogen (secondary N) is 2. The van der Waals surface area contributed by atoms with Crippen LogP contribution in [0.5, 0.6) is 0 Å². The standard InChI is InChI=1S/C10H11ClFN3O/c11-6-3-8(12)10(13-4-6)14-5-7-1-2-9(16)15-7/h3-4,7H,1-2,5H2,(H,13,14)(H,15,16). The lowest BCUT2D eigenvalue weighted by atomic mass is 10.2. The Morgan fingerprint density at radius 1 is 1.69 bits per heavy atom. The van der Waals surface area contributed by atoms with E-state index in [1.54, 1.807) is 0 Å². The van der Waals surface area contributed by atoms with Crippen LogP contribution in [0.3, 0.4) is 0 Å². The Kier molecular flexibility index (Phi) is 3.24. The predicted octanol–water partition coefficient (Wildman–Crippen LogP) is 1.56. The summed E-state index contributed by atoms with van der Waals surface area (Å²) in [6, 6.07) is 1.24. The first-order chi connectivity index (χ1) is 7.65. The molecule has 2 heterocycles. The first kappa shape index (κ1) is 11.1. The highest BCUT2D eigenvalue weighted by Crippen LogP contribution is 2.16. The summed E-state index contributed by atoms with van der Waals surface area (Å²) < 4.78 is 13.3. The van der Waals surface area contributed by atoms with Gasteiger partial charge in [-0.15, -0.1) is 0 Å². The van der Waals surface area contributed by atoms with E-state index in [0.717, 1.165) is 6.42 Å².